The van der Waals surface area contributed by atoms with Crippen molar-refractivity contribution in [1.29, 1.82) is 5.26 Å². The quantitative estimate of drug-likeness (QED) is 0.665. The van der Waals surface area contributed by atoms with E-state index in [0.717, 1.165) is 6.07 Å². The minimum Gasteiger partial charge on any atom is -0.267 e. The lowest BCUT2D eigenvalue weighted by Crippen LogP contribution is -2.41. The first-order valence-corrected chi connectivity index (χ1v) is 8.56. The second-order valence-corrected chi connectivity index (χ2v) is 6.25. The van der Waals surface area contributed by atoms with Gasteiger partial charge in [-0.2, -0.15) is 5.26 Å². The average Bonchev–Trinajstić information content (AvgIpc) is 2.72. The molecule has 2 N–H and O–H groups in total. The highest BCUT2D eigenvalue weighted by Crippen LogP contribution is 2.27. The van der Waals surface area contributed by atoms with Gasteiger partial charge in [-0.3, -0.25) is 20.4 Å². The molecule has 0 spiro atoms. The number of nitrogens with zero attached hydrogens (tertiary/aromatic N) is 1. The Morgan fingerprint density at radius 2 is 1.41 bits per heavy atom. The zero-order valence-corrected chi connectivity index (χ0v) is 15.3. The molecule has 5 nitrogen and oxygen atoms in total. The van der Waals surface area contributed by atoms with Gasteiger partial charge in [0.1, 0.15) is 11.6 Å². The number of amides is 2. The Labute approximate surface area is 165 Å². The summed E-state index contributed by atoms with van der Waals surface area (Å²) in [5.74, 6) is -2.35. The molecule has 0 aliphatic rings. The summed E-state index contributed by atoms with van der Waals surface area (Å²) in [6, 6.07) is 15.7. The number of hydrogen-bond donors (Lipinski definition) is 2. The molecule has 0 saturated carbocycles. The third-order valence-corrected chi connectivity index (χ3v) is 4.28. The highest BCUT2D eigenvalue weighted by atomic mass is 19.1. The summed E-state index contributed by atoms with van der Waals surface area (Å²) in [5, 5.41) is 8.76. The standard InChI is InChI=1S/C22H15F2N3O2/c1-13-10-17(23)7-9-18(13)19-8-6-16(11-20(19)24)22(29)27-26-21(28)15-4-2-14(12-25)3-5-15/h2-11H,1H3,(H,26,28)(H,27,29). The van der Waals surface area contributed by atoms with Crippen molar-refractivity contribution in [3.63, 3.8) is 0 Å². The molecule has 2 amide bonds. The molecule has 3 aromatic rings. The summed E-state index contributed by atoms with van der Waals surface area (Å²) in [4.78, 5) is 24.2. The van der Waals surface area contributed by atoms with E-state index in [2.05, 4.69) is 10.9 Å². The van der Waals surface area contributed by atoms with Gasteiger partial charge in [-0.05, 0) is 66.6 Å². The molecule has 0 fully saturated rings. The van der Waals surface area contributed by atoms with Gasteiger partial charge in [0.25, 0.3) is 11.8 Å². The average molecular weight is 391 g/mol. The third kappa shape index (κ3) is 4.45. The highest BCUT2D eigenvalue weighted by Gasteiger charge is 2.14. The third-order valence-electron chi connectivity index (χ3n) is 4.28. The van der Waals surface area contributed by atoms with Crippen molar-refractivity contribution in [2.45, 2.75) is 6.92 Å². The number of nitrogens with one attached hydrogen (secondary N) is 2. The summed E-state index contributed by atoms with van der Waals surface area (Å²) in [7, 11) is 0. The molecule has 0 bridgehead atoms. The number of hydrazine groups is 1. The van der Waals surface area contributed by atoms with Gasteiger partial charge in [-0.15, -0.1) is 0 Å². The van der Waals surface area contributed by atoms with E-state index in [0.29, 0.717) is 16.7 Å². The van der Waals surface area contributed by atoms with Crippen LogP contribution in [0.3, 0.4) is 0 Å². The van der Waals surface area contributed by atoms with Crippen molar-refractivity contribution >= 4 is 11.8 Å². The Hall–Kier alpha value is -4.05. The van der Waals surface area contributed by atoms with Crippen molar-refractivity contribution < 1.29 is 18.4 Å². The largest absolute Gasteiger partial charge is 0.269 e. The molecular weight excluding hydrogens is 376 g/mol. The van der Waals surface area contributed by atoms with Gasteiger partial charge < -0.3 is 0 Å². The Kier molecular flexibility index (Phi) is 5.65. The van der Waals surface area contributed by atoms with Gasteiger partial charge in [-0.25, -0.2) is 8.78 Å². The van der Waals surface area contributed by atoms with Crippen LogP contribution in [0.2, 0.25) is 0 Å². The summed E-state index contributed by atoms with van der Waals surface area (Å²) >= 11 is 0. The topological polar surface area (TPSA) is 82.0 Å². The smallest absolute Gasteiger partial charge is 0.267 e. The van der Waals surface area contributed by atoms with Crippen LogP contribution in [0.25, 0.3) is 11.1 Å². The van der Waals surface area contributed by atoms with Gasteiger partial charge >= 0.3 is 0 Å². The van der Waals surface area contributed by atoms with E-state index in [9.17, 15) is 18.4 Å². The highest BCUT2D eigenvalue weighted by molar-refractivity contribution is 5.99. The van der Waals surface area contributed by atoms with Crippen LogP contribution in [0.5, 0.6) is 0 Å². The number of benzene rings is 3. The number of hydrogen-bond acceptors (Lipinski definition) is 3. The number of aryl methyl sites for hydroxylation is 1. The van der Waals surface area contributed by atoms with Crippen molar-refractivity contribution in [2.75, 3.05) is 0 Å². The molecule has 7 heteroatoms. The van der Waals surface area contributed by atoms with Gasteiger partial charge in [-0.1, -0.05) is 12.1 Å². The monoisotopic (exact) mass is 391 g/mol. The molecule has 0 aliphatic heterocycles. The van der Waals surface area contributed by atoms with Crippen molar-refractivity contribution in [3.8, 4) is 17.2 Å². The lowest BCUT2D eigenvalue weighted by Gasteiger charge is -2.10. The Morgan fingerprint density at radius 3 is 2.00 bits per heavy atom. The van der Waals surface area contributed by atoms with Crippen molar-refractivity contribution in [2.24, 2.45) is 0 Å². The molecule has 3 rings (SSSR count). The molecule has 0 aliphatic carbocycles. The van der Waals surface area contributed by atoms with Crippen LogP contribution in [0.15, 0.2) is 60.7 Å². The van der Waals surface area contributed by atoms with Gasteiger partial charge in [0.15, 0.2) is 0 Å². The van der Waals surface area contributed by atoms with Crippen LogP contribution >= 0.6 is 0 Å². The number of carbonyl (C=O) groups excluding carboxylic acids is 2. The molecule has 0 atom stereocenters. The number of nitriles is 1. The molecule has 0 radical (unpaired) electrons. The van der Waals surface area contributed by atoms with E-state index in [4.69, 9.17) is 5.26 Å². The molecule has 0 heterocycles. The lowest BCUT2D eigenvalue weighted by atomic mass is 9.98. The van der Waals surface area contributed by atoms with Crippen LogP contribution in [0.4, 0.5) is 8.78 Å². The molecule has 0 unspecified atom stereocenters. The summed E-state index contributed by atoms with van der Waals surface area (Å²) in [5.41, 5.74) is 6.42. The van der Waals surface area contributed by atoms with Gasteiger partial charge in [0.05, 0.1) is 11.6 Å². The number of carbonyl (C=O) groups is 2. The number of rotatable bonds is 3. The van der Waals surface area contributed by atoms with Crippen LogP contribution < -0.4 is 10.9 Å². The van der Waals surface area contributed by atoms with Crippen molar-refractivity contribution in [3.05, 3.63) is 94.6 Å². The normalized spacial score (nSPS) is 10.1. The van der Waals surface area contributed by atoms with E-state index in [1.165, 1.54) is 54.6 Å². The van der Waals surface area contributed by atoms with Crippen LogP contribution in [0, 0.1) is 29.9 Å². The van der Waals surface area contributed by atoms with Crippen molar-refractivity contribution in [1.82, 2.24) is 10.9 Å². The predicted molar refractivity (Wildman–Crippen MR) is 103 cm³/mol. The second-order valence-electron chi connectivity index (χ2n) is 6.25. The summed E-state index contributed by atoms with van der Waals surface area (Å²) < 4.78 is 27.8. The maximum absolute atomic E-state index is 14.5. The Bertz CT molecular complexity index is 1140. The van der Waals surface area contributed by atoms with E-state index >= 15 is 0 Å². The molecule has 29 heavy (non-hydrogen) atoms. The lowest BCUT2D eigenvalue weighted by molar-refractivity contribution is 0.0846. The van der Waals surface area contributed by atoms with E-state index < -0.39 is 23.4 Å². The fourth-order valence-corrected chi connectivity index (χ4v) is 2.76. The van der Waals surface area contributed by atoms with Crippen LogP contribution in [-0.4, -0.2) is 11.8 Å². The SMILES string of the molecule is Cc1cc(F)ccc1-c1ccc(C(=O)NNC(=O)c2ccc(C#N)cc2)cc1F. The second kappa shape index (κ2) is 8.31. The van der Waals surface area contributed by atoms with Gasteiger partial charge in [0, 0.05) is 16.7 Å². The fourth-order valence-electron chi connectivity index (χ4n) is 2.76. The maximum atomic E-state index is 14.5. The van der Waals surface area contributed by atoms with Crippen LogP contribution in [0.1, 0.15) is 31.8 Å². The molecular formula is C22H15F2N3O2. The predicted octanol–water partition coefficient (Wildman–Crippen LogP) is 3.89. The summed E-state index contributed by atoms with van der Waals surface area (Å²) in [6.45, 7) is 1.66. The first kappa shape index (κ1) is 19.7. The molecule has 144 valence electrons. The molecule has 3 aromatic carbocycles. The zero-order valence-electron chi connectivity index (χ0n) is 15.3. The first-order valence-electron chi connectivity index (χ1n) is 8.56. The van der Waals surface area contributed by atoms with E-state index in [-0.39, 0.29) is 16.7 Å². The maximum Gasteiger partial charge on any atom is 0.269 e. The zero-order chi connectivity index (χ0) is 21.0. The first-order chi connectivity index (χ1) is 13.9. The minimum absolute atomic E-state index is 0.00569. The van der Waals surface area contributed by atoms with Gasteiger partial charge in [0.2, 0.25) is 0 Å². The van der Waals surface area contributed by atoms with E-state index in [1.807, 2.05) is 6.07 Å². The fraction of sp³-hybridized carbons (Fsp3) is 0.0455. The number of halogens is 2. The minimum atomic E-state index is -0.701. The Balaban J connectivity index is 1.70. The van der Waals surface area contributed by atoms with Crippen LogP contribution in [-0.2, 0) is 0 Å². The van der Waals surface area contributed by atoms with E-state index in [1.54, 1.807) is 6.92 Å². The molecule has 0 saturated heterocycles. The molecule has 0 aromatic heterocycles. The Morgan fingerprint density at radius 1 is 0.828 bits per heavy atom. The summed E-state index contributed by atoms with van der Waals surface area (Å²) in [6.07, 6.45) is 0.